The predicted octanol–water partition coefficient (Wildman–Crippen LogP) is -0.657. The van der Waals surface area contributed by atoms with Crippen molar-refractivity contribution >= 4 is 5.84 Å². The van der Waals surface area contributed by atoms with Crippen molar-refractivity contribution < 1.29 is 0 Å². The van der Waals surface area contributed by atoms with Crippen molar-refractivity contribution in [2.24, 2.45) is 28.3 Å². The summed E-state index contributed by atoms with van der Waals surface area (Å²) in [6, 6.07) is 0. The van der Waals surface area contributed by atoms with Crippen LogP contribution in [-0.2, 0) is 0 Å². The third-order valence-electron chi connectivity index (χ3n) is 0.417. The lowest BCUT2D eigenvalue weighted by atomic mass is 10.3. The summed E-state index contributed by atoms with van der Waals surface area (Å²) in [7, 11) is 0. The molecule has 0 aliphatic rings. The molecule has 0 atom stereocenters. The molecule has 0 bridgehead atoms. The van der Waals surface area contributed by atoms with Gasteiger partial charge in [-0.3, -0.25) is 0 Å². The highest BCUT2D eigenvalue weighted by Gasteiger charge is 1.79. The zero-order valence-electron chi connectivity index (χ0n) is 7.46. The van der Waals surface area contributed by atoms with Crippen molar-refractivity contribution in [1.82, 2.24) is 5.53 Å². The van der Waals surface area contributed by atoms with Crippen LogP contribution in [0.4, 0.5) is 0 Å². The molecule has 0 aromatic rings. The third-order valence-corrected chi connectivity index (χ3v) is 0.417. The van der Waals surface area contributed by atoms with Gasteiger partial charge in [-0.05, 0) is 5.92 Å². The van der Waals surface area contributed by atoms with Crippen molar-refractivity contribution in [3.63, 3.8) is 0 Å². The van der Waals surface area contributed by atoms with Gasteiger partial charge in [0, 0.05) is 0 Å². The van der Waals surface area contributed by atoms with Crippen molar-refractivity contribution in [3.8, 4) is 0 Å². The van der Waals surface area contributed by atoms with Crippen LogP contribution in [0.25, 0.3) is 0 Å². The Bertz CT molecular complexity index is 96.4. The van der Waals surface area contributed by atoms with Gasteiger partial charge < -0.3 is 11.5 Å². The summed E-state index contributed by atoms with van der Waals surface area (Å²) in [5.41, 5.74) is 12.1. The van der Waals surface area contributed by atoms with Gasteiger partial charge in [0.1, 0.15) is 5.84 Å². The second-order valence-corrected chi connectivity index (χ2v) is 2.67. The highest BCUT2D eigenvalue weighted by atomic mass is 15.5. The van der Waals surface area contributed by atoms with Crippen LogP contribution in [0.1, 0.15) is 20.8 Å². The number of hydrazine groups is 1. The molecule has 0 radical (unpaired) electrons. The average Bonchev–Trinajstić information content (AvgIpc) is 1.87. The molecule has 0 fully saturated rings. The molecule has 0 heterocycles. The Morgan fingerprint density at radius 1 is 1.45 bits per heavy atom. The molecule has 0 amide bonds. The molecule has 0 rings (SSSR count). The maximum Gasteiger partial charge on any atom is 0.134 e. The minimum Gasteiger partial charge on any atom is -0.385 e. The van der Waals surface area contributed by atoms with Crippen LogP contribution in [0.5, 0.6) is 0 Å². The first-order valence-corrected chi connectivity index (χ1v) is 3.52. The summed E-state index contributed by atoms with van der Waals surface area (Å²) in [6.07, 6.45) is 0. The number of nitrogens with two attached hydrogens (primary N) is 3. The minimum atomic E-state index is 0.226. The summed E-state index contributed by atoms with van der Waals surface area (Å²) in [6.45, 7) is 6.73. The van der Waals surface area contributed by atoms with Crippen LogP contribution < -0.4 is 22.8 Å². The molecule has 0 unspecified atom stereocenters. The normalized spacial score (nSPS) is 10.5. The predicted molar refractivity (Wildman–Crippen MR) is 48.5 cm³/mol. The first-order valence-electron chi connectivity index (χ1n) is 3.52. The highest BCUT2D eigenvalue weighted by Crippen LogP contribution is 1.81. The Morgan fingerprint density at radius 2 is 1.82 bits per heavy atom. The molecule has 68 valence electrons. The van der Waals surface area contributed by atoms with Gasteiger partial charge in [-0.25, -0.2) is 11.4 Å². The van der Waals surface area contributed by atoms with Gasteiger partial charge >= 0.3 is 0 Å². The van der Waals surface area contributed by atoms with E-state index < -0.39 is 0 Å². The fourth-order valence-corrected chi connectivity index (χ4v) is 0.129. The minimum absolute atomic E-state index is 0.226. The Kier molecular flexibility index (Phi) is 10.7. The number of nitrogens with one attached hydrogen (secondary N) is 1. The van der Waals surface area contributed by atoms with Gasteiger partial charge in [0.25, 0.3) is 0 Å². The molecule has 0 aliphatic heterocycles. The first kappa shape index (κ1) is 12.8. The molecule has 5 nitrogen and oxygen atoms in total. The molecular weight excluding hydrogens is 142 g/mol. The van der Waals surface area contributed by atoms with E-state index in [1.807, 2.05) is 5.53 Å². The Labute approximate surface area is 68.0 Å². The first-order chi connectivity index (χ1) is 5.04. The van der Waals surface area contributed by atoms with E-state index in [-0.39, 0.29) is 6.54 Å². The van der Waals surface area contributed by atoms with E-state index in [0.717, 1.165) is 5.92 Å². The molecule has 0 aliphatic carbocycles. The van der Waals surface area contributed by atoms with Crippen LogP contribution in [-0.4, -0.2) is 12.4 Å². The molecule has 5 heteroatoms. The van der Waals surface area contributed by atoms with Crippen molar-refractivity contribution in [2.75, 3.05) is 6.54 Å². The van der Waals surface area contributed by atoms with Gasteiger partial charge in [-0.15, -0.1) is 0 Å². The second-order valence-electron chi connectivity index (χ2n) is 2.67. The molecule has 7 N–H and O–H groups in total. The number of rotatable bonds is 2. The molecule has 0 aromatic carbocycles. The number of nitrogens with zero attached hydrogens (tertiary/aromatic N) is 1. The van der Waals surface area contributed by atoms with Crippen molar-refractivity contribution in [2.45, 2.75) is 20.8 Å². The summed E-state index contributed by atoms with van der Waals surface area (Å²) in [5.74, 6) is 5.86. The molecule has 11 heavy (non-hydrogen) atoms. The fraction of sp³-hybridized carbons (Fsp3) is 0.833. The lowest BCUT2D eigenvalue weighted by Gasteiger charge is -1.90. The Morgan fingerprint density at radius 3 is 1.91 bits per heavy atom. The quantitative estimate of drug-likeness (QED) is 0.187. The molecular formula is C6H19N5. The maximum atomic E-state index is 5.07. The standard InChI is InChI=1S/C4H10.C2H9N5/c1-4(2)3;3-1-2(4)6-7-5/h4H,1-3H3;7H,1,3,5H2,(H2,4,6). The van der Waals surface area contributed by atoms with Crippen LogP contribution >= 0.6 is 0 Å². The lowest BCUT2D eigenvalue weighted by Crippen LogP contribution is -2.28. The average molecular weight is 161 g/mol. The van der Waals surface area contributed by atoms with Gasteiger partial charge in [0.05, 0.1) is 6.54 Å². The number of hydrogen-bond acceptors (Lipinski definition) is 4. The molecule has 0 spiro atoms. The smallest absolute Gasteiger partial charge is 0.134 e. The summed E-state index contributed by atoms with van der Waals surface area (Å²) < 4.78 is 0. The maximum absolute atomic E-state index is 5.07. The zero-order valence-corrected chi connectivity index (χ0v) is 7.46. The zero-order chi connectivity index (χ0) is 9.28. The summed E-state index contributed by atoms with van der Waals surface area (Å²) >= 11 is 0. The Balaban J connectivity index is 0. The van der Waals surface area contributed by atoms with Gasteiger partial charge in [-0.1, -0.05) is 20.8 Å². The van der Waals surface area contributed by atoms with E-state index in [2.05, 4.69) is 25.9 Å². The van der Waals surface area contributed by atoms with Crippen LogP contribution in [0.3, 0.4) is 0 Å². The molecule has 0 saturated heterocycles. The lowest BCUT2D eigenvalue weighted by molar-refractivity contribution is 0.737. The van der Waals surface area contributed by atoms with Crippen LogP contribution in [0.2, 0.25) is 0 Å². The van der Waals surface area contributed by atoms with Gasteiger partial charge in [0.15, 0.2) is 0 Å². The third kappa shape index (κ3) is 27.1. The Hall–Kier alpha value is -0.810. The number of hydrogen-bond donors (Lipinski definition) is 4. The second kappa shape index (κ2) is 9.19. The van der Waals surface area contributed by atoms with E-state index in [1.54, 1.807) is 0 Å². The SMILES string of the molecule is CC(C)C.NC/C(N)=N/NN. The van der Waals surface area contributed by atoms with Crippen molar-refractivity contribution in [1.29, 1.82) is 0 Å². The van der Waals surface area contributed by atoms with E-state index >= 15 is 0 Å². The van der Waals surface area contributed by atoms with E-state index in [1.165, 1.54) is 0 Å². The molecule has 0 saturated carbocycles. The summed E-state index contributed by atoms with van der Waals surface area (Å²) in [4.78, 5) is 0. The van der Waals surface area contributed by atoms with Crippen molar-refractivity contribution in [3.05, 3.63) is 0 Å². The topological polar surface area (TPSA) is 102 Å². The monoisotopic (exact) mass is 161 g/mol. The van der Waals surface area contributed by atoms with E-state index in [4.69, 9.17) is 17.3 Å². The van der Waals surface area contributed by atoms with Crippen LogP contribution in [0.15, 0.2) is 5.10 Å². The number of hydrazone groups is 1. The largest absolute Gasteiger partial charge is 0.385 e. The number of amidine groups is 1. The van der Waals surface area contributed by atoms with Crippen LogP contribution in [0, 0.1) is 5.92 Å². The molecule has 0 aromatic heterocycles. The van der Waals surface area contributed by atoms with E-state index in [0.29, 0.717) is 5.84 Å². The summed E-state index contributed by atoms with van der Waals surface area (Å²) in [5, 5.41) is 3.34. The van der Waals surface area contributed by atoms with Gasteiger partial charge in [0.2, 0.25) is 0 Å². The van der Waals surface area contributed by atoms with Gasteiger partial charge in [-0.2, -0.15) is 5.10 Å². The highest BCUT2D eigenvalue weighted by molar-refractivity contribution is 5.81. The fourth-order valence-electron chi connectivity index (χ4n) is 0.129. The van der Waals surface area contributed by atoms with E-state index in [9.17, 15) is 0 Å².